The van der Waals surface area contributed by atoms with E-state index in [-0.39, 0.29) is 0 Å². The van der Waals surface area contributed by atoms with Crippen molar-refractivity contribution in [1.82, 2.24) is 4.90 Å². The van der Waals surface area contributed by atoms with Crippen LogP contribution in [0, 0.1) is 6.92 Å². The van der Waals surface area contributed by atoms with E-state index < -0.39 is 11.8 Å². The van der Waals surface area contributed by atoms with E-state index in [1.807, 2.05) is 37.3 Å². The Morgan fingerprint density at radius 3 is 2.41 bits per heavy atom. The zero-order chi connectivity index (χ0) is 15.5. The lowest BCUT2D eigenvalue weighted by atomic mass is 10.00. The fourth-order valence-electron chi connectivity index (χ4n) is 2.63. The van der Waals surface area contributed by atoms with Crippen LogP contribution in [0.4, 0.5) is 5.69 Å². The normalized spacial score (nSPS) is 13.4. The Hall–Kier alpha value is -2.62. The van der Waals surface area contributed by atoms with Crippen molar-refractivity contribution in [3.05, 3.63) is 65.2 Å². The number of hydrogen-bond acceptors (Lipinski definition) is 2. The lowest BCUT2D eigenvalue weighted by Crippen LogP contribution is -2.42. The lowest BCUT2D eigenvalue weighted by molar-refractivity contribution is -0.143. The van der Waals surface area contributed by atoms with Gasteiger partial charge in [-0.15, -0.1) is 0 Å². The Labute approximate surface area is 129 Å². The number of anilines is 1. The first kappa shape index (κ1) is 14.3. The largest absolute Gasteiger partial charge is 0.330 e. The minimum Gasteiger partial charge on any atom is -0.330 e. The van der Waals surface area contributed by atoms with Crippen molar-refractivity contribution in [1.29, 1.82) is 0 Å². The van der Waals surface area contributed by atoms with Gasteiger partial charge in [0.2, 0.25) is 0 Å². The number of carbonyl (C=O) groups excluding carboxylic acids is 2. The van der Waals surface area contributed by atoms with Crippen LogP contribution in [0.2, 0.25) is 0 Å². The van der Waals surface area contributed by atoms with Gasteiger partial charge in [0.05, 0.1) is 0 Å². The van der Waals surface area contributed by atoms with E-state index in [0.29, 0.717) is 18.8 Å². The molecule has 4 nitrogen and oxygen atoms in total. The molecule has 2 aromatic carbocycles. The zero-order valence-electron chi connectivity index (χ0n) is 12.5. The summed E-state index contributed by atoms with van der Waals surface area (Å²) >= 11 is 0. The quantitative estimate of drug-likeness (QED) is 0.822. The fraction of sp³-hybridized carbons (Fsp3) is 0.222. The third kappa shape index (κ3) is 3.01. The summed E-state index contributed by atoms with van der Waals surface area (Å²) in [4.78, 5) is 26.0. The molecule has 0 fully saturated rings. The first-order valence-electron chi connectivity index (χ1n) is 7.37. The molecular weight excluding hydrogens is 276 g/mol. The summed E-state index contributed by atoms with van der Waals surface area (Å²) in [6, 6.07) is 15.4. The van der Waals surface area contributed by atoms with Crippen molar-refractivity contribution in [3.8, 4) is 0 Å². The summed E-state index contributed by atoms with van der Waals surface area (Å²) in [7, 11) is 0. The van der Waals surface area contributed by atoms with E-state index in [1.54, 1.807) is 17.0 Å². The first-order valence-corrected chi connectivity index (χ1v) is 7.37. The maximum absolute atomic E-state index is 12.3. The molecule has 0 unspecified atom stereocenters. The molecule has 2 aromatic rings. The third-order valence-electron chi connectivity index (χ3n) is 3.92. The molecule has 3 rings (SSSR count). The summed E-state index contributed by atoms with van der Waals surface area (Å²) in [6.07, 6.45) is 0.791. The third-order valence-corrected chi connectivity index (χ3v) is 3.92. The van der Waals surface area contributed by atoms with Crippen LogP contribution in [0.1, 0.15) is 16.7 Å². The van der Waals surface area contributed by atoms with Crippen molar-refractivity contribution in [2.75, 3.05) is 11.9 Å². The van der Waals surface area contributed by atoms with Gasteiger partial charge in [-0.2, -0.15) is 0 Å². The van der Waals surface area contributed by atoms with E-state index >= 15 is 0 Å². The van der Waals surface area contributed by atoms with Crippen LogP contribution in [0.3, 0.4) is 0 Å². The van der Waals surface area contributed by atoms with Crippen molar-refractivity contribution in [3.63, 3.8) is 0 Å². The highest BCUT2D eigenvalue weighted by molar-refractivity contribution is 6.39. The number of nitrogens with zero attached hydrogens (tertiary/aromatic N) is 1. The molecule has 0 radical (unpaired) electrons. The number of carbonyl (C=O) groups is 2. The van der Waals surface area contributed by atoms with Gasteiger partial charge in [-0.1, -0.05) is 42.0 Å². The zero-order valence-corrected chi connectivity index (χ0v) is 12.5. The van der Waals surface area contributed by atoms with Gasteiger partial charge in [0, 0.05) is 18.8 Å². The molecule has 22 heavy (non-hydrogen) atoms. The minimum absolute atomic E-state index is 0.477. The number of aryl methyl sites for hydroxylation is 1. The monoisotopic (exact) mass is 294 g/mol. The molecule has 4 heteroatoms. The molecule has 0 spiro atoms. The molecular formula is C18H18N2O2. The number of fused-ring (bicyclic) bond motifs is 1. The molecule has 1 aliphatic rings. The summed E-state index contributed by atoms with van der Waals surface area (Å²) in [5.74, 6) is -1.06. The fourth-order valence-corrected chi connectivity index (χ4v) is 2.63. The molecule has 1 N–H and O–H groups in total. The second-order valence-corrected chi connectivity index (χ2v) is 5.57. The number of hydrogen-bond donors (Lipinski definition) is 1. The molecule has 1 heterocycles. The van der Waals surface area contributed by atoms with Gasteiger partial charge < -0.3 is 10.2 Å². The van der Waals surface area contributed by atoms with E-state index in [2.05, 4.69) is 11.4 Å². The molecule has 0 saturated heterocycles. The van der Waals surface area contributed by atoms with Gasteiger partial charge in [0.1, 0.15) is 0 Å². The topological polar surface area (TPSA) is 49.4 Å². The van der Waals surface area contributed by atoms with Crippen LogP contribution < -0.4 is 5.32 Å². The molecule has 0 saturated carbocycles. The maximum atomic E-state index is 12.3. The van der Waals surface area contributed by atoms with E-state index in [1.165, 1.54) is 5.56 Å². The summed E-state index contributed by atoms with van der Waals surface area (Å²) in [5.41, 5.74) is 4.12. The molecule has 0 atom stereocenters. The van der Waals surface area contributed by atoms with Gasteiger partial charge in [0.25, 0.3) is 0 Å². The Balaban J connectivity index is 1.67. The number of rotatable bonds is 1. The second kappa shape index (κ2) is 6.02. The van der Waals surface area contributed by atoms with Gasteiger partial charge in [-0.3, -0.25) is 9.59 Å². The van der Waals surface area contributed by atoms with Gasteiger partial charge in [-0.05, 0) is 36.6 Å². The van der Waals surface area contributed by atoms with Crippen molar-refractivity contribution in [2.24, 2.45) is 0 Å². The standard InChI is InChI=1S/C18H18N2O2/c1-13-6-8-16(9-7-13)19-17(21)18(22)20-11-10-14-4-2-3-5-15(14)12-20/h2-9H,10-12H2,1H3,(H,19,21). The van der Waals surface area contributed by atoms with Crippen molar-refractivity contribution >= 4 is 17.5 Å². The van der Waals surface area contributed by atoms with Crippen molar-refractivity contribution < 1.29 is 9.59 Å². The maximum Gasteiger partial charge on any atom is 0.313 e. The van der Waals surface area contributed by atoms with Crippen LogP contribution in [-0.4, -0.2) is 23.3 Å². The second-order valence-electron chi connectivity index (χ2n) is 5.57. The first-order chi connectivity index (χ1) is 10.6. The molecule has 112 valence electrons. The predicted octanol–water partition coefficient (Wildman–Crippen LogP) is 2.52. The highest BCUT2D eigenvalue weighted by atomic mass is 16.2. The molecule has 1 aliphatic heterocycles. The van der Waals surface area contributed by atoms with Crippen LogP contribution in [-0.2, 0) is 22.6 Å². The van der Waals surface area contributed by atoms with Crippen LogP contribution in [0.25, 0.3) is 0 Å². The SMILES string of the molecule is Cc1ccc(NC(=O)C(=O)N2CCc3ccccc3C2)cc1. The van der Waals surface area contributed by atoms with Crippen LogP contribution in [0.5, 0.6) is 0 Å². The van der Waals surface area contributed by atoms with E-state index in [0.717, 1.165) is 17.5 Å². The highest BCUT2D eigenvalue weighted by Gasteiger charge is 2.25. The van der Waals surface area contributed by atoms with Gasteiger partial charge >= 0.3 is 11.8 Å². The van der Waals surface area contributed by atoms with E-state index in [9.17, 15) is 9.59 Å². The molecule has 0 bridgehead atoms. The predicted molar refractivity (Wildman–Crippen MR) is 85.4 cm³/mol. The van der Waals surface area contributed by atoms with Crippen LogP contribution in [0.15, 0.2) is 48.5 Å². The van der Waals surface area contributed by atoms with Gasteiger partial charge in [0.15, 0.2) is 0 Å². The van der Waals surface area contributed by atoms with E-state index in [4.69, 9.17) is 0 Å². The Kier molecular flexibility index (Phi) is 3.92. The molecule has 0 aliphatic carbocycles. The highest BCUT2D eigenvalue weighted by Crippen LogP contribution is 2.18. The summed E-state index contributed by atoms with van der Waals surface area (Å²) in [5, 5.41) is 2.66. The Morgan fingerprint density at radius 1 is 1.00 bits per heavy atom. The average molecular weight is 294 g/mol. The molecule has 2 amide bonds. The van der Waals surface area contributed by atoms with Crippen LogP contribution >= 0.6 is 0 Å². The lowest BCUT2D eigenvalue weighted by Gasteiger charge is -2.28. The summed E-state index contributed by atoms with van der Waals surface area (Å²) < 4.78 is 0. The summed E-state index contributed by atoms with van der Waals surface area (Å²) in [6.45, 7) is 3.05. The number of nitrogens with one attached hydrogen (secondary N) is 1. The Bertz CT molecular complexity index is 707. The molecule has 0 aromatic heterocycles. The number of benzene rings is 2. The average Bonchev–Trinajstić information content (AvgIpc) is 2.55. The van der Waals surface area contributed by atoms with Crippen molar-refractivity contribution in [2.45, 2.75) is 19.9 Å². The Morgan fingerprint density at radius 2 is 1.68 bits per heavy atom. The number of amides is 2. The minimum atomic E-state index is -0.580. The smallest absolute Gasteiger partial charge is 0.313 e. The van der Waals surface area contributed by atoms with Gasteiger partial charge in [-0.25, -0.2) is 0 Å².